The Hall–Kier alpha value is -0.980. The minimum Gasteiger partial charge on any atom is -0.394 e. The summed E-state index contributed by atoms with van der Waals surface area (Å²) in [5.74, 6) is -0.650. The summed E-state index contributed by atoms with van der Waals surface area (Å²) in [5, 5.41) is 16.2. The van der Waals surface area contributed by atoms with Gasteiger partial charge in [0, 0.05) is 12.8 Å². The minimum atomic E-state index is -0.325. The smallest absolute Gasteiger partial charge is 0.313 e. The summed E-state index contributed by atoms with van der Waals surface area (Å²) >= 11 is 0. The van der Waals surface area contributed by atoms with Gasteiger partial charge in [0.25, 0.3) is 0 Å². The number of carbonyl (C=O) groups is 2. The van der Waals surface area contributed by atoms with Crippen LogP contribution in [0.1, 0.15) is 206 Å². The molecule has 0 spiro atoms. The Morgan fingerprint density at radius 3 is 0.841 bits per heavy atom. The fourth-order valence-corrected chi connectivity index (χ4v) is 5.39. The number of aliphatic hydroxyl groups is 2. The van der Waals surface area contributed by atoms with Crippen molar-refractivity contribution in [3.63, 3.8) is 0 Å². The summed E-state index contributed by atoms with van der Waals surface area (Å²) in [4.78, 5) is 23.8. The van der Waals surface area contributed by atoms with Gasteiger partial charge in [-0.25, -0.2) is 0 Å². The Morgan fingerprint density at radius 1 is 0.386 bits per heavy atom. The van der Waals surface area contributed by atoms with Gasteiger partial charge in [0.15, 0.2) is 0 Å². The maximum absolute atomic E-state index is 11.9. The number of hydrogen-bond acceptors (Lipinski definition) is 6. The zero-order chi connectivity index (χ0) is 32.6. The number of unbranched alkanes of at least 4 members (excludes halogenated alkanes) is 26. The Balaban J connectivity index is 0. The number of aliphatic hydroxyl groups excluding tert-OH is 2. The van der Waals surface area contributed by atoms with Crippen molar-refractivity contribution in [3.05, 3.63) is 0 Å². The van der Waals surface area contributed by atoms with E-state index in [-0.39, 0.29) is 25.2 Å². The molecule has 0 saturated carbocycles. The Bertz CT molecular complexity index is 549. The summed E-state index contributed by atoms with van der Waals surface area (Å²) in [5.41, 5.74) is 0. The zero-order valence-electron chi connectivity index (χ0n) is 29.6. The fraction of sp³-hybridized carbons (Fsp3) is 0.947. The van der Waals surface area contributed by atoms with Crippen LogP contribution < -0.4 is 0 Å². The molecule has 2 N–H and O–H groups in total. The molecule has 0 aromatic heterocycles. The molecule has 6 nitrogen and oxygen atoms in total. The first-order valence-electron chi connectivity index (χ1n) is 19.1. The van der Waals surface area contributed by atoms with E-state index in [1.807, 2.05) is 0 Å². The van der Waals surface area contributed by atoms with Crippen LogP contribution in [0.3, 0.4) is 0 Å². The summed E-state index contributed by atoms with van der Waals surface area (Å²) in [6.07, 6.45) is 37.2. The quantitative estimate of drug-likeness (QED) is 0.0418. The lowest BCUT2D eigenvalue weighted by atomic mass is 10.0. The normalized spacial score (nSPS) is 10.9. The average molecular weight is 629 g/mol. The molecule has 264 valence electrons. The Labute approximate surface area is 273 Å². The van der Waals surface area contributed by atoms with Crippen LogP contribution in [-0.4, -0.2) is 48.6 Å². The topological polar surface area (TPSA) is 93.1 Å². The number of esters is 2. The number of rotatable bonds is 34. The minimum absolute atomic E-state index is 0.0278. The third-order valence-electron chi connectivity index (χ3n) is 8.17. The largest absolute Gasteiger partial charge is 0.394 e. The van der Waals surface area contributed by atoms with E-state index >= 15 is 0 Å². The first-order valence-corrected chi connectivity index (χ1v) is 19.1. The summed E-state index contributed by atoms with van der Waals surface area (Å²) < 4.78 is 9.63. The molecule has 0 aliphatic heterocycles. The molecule has 0 aromatic rings. The van der Waals surface area contributed by atoms with Gasteiger partial charge in [-0.2, -0.15) is 0 Å². The van der Waals surface area contributed by atoms with Crippen LogP contribution in [0.4, 0.5) is 0 Å². The molecule has 0 rings (SSSR count). The van der Waals surface area contributed by atoms with Crippen LogP contribution in [0.5, 0.6) is 0 Å². The molecule has 0 unspecified atom stereocenters. The van der Waals surface area contributed by atoms with E-state index in [1.165, 1.54) is 154 Å². The molecular weight excluding hydrogens is 552 g/mol. The molecule has 0 saturated heterocycles. The van der Waals surface area contributed by atoms with Crippen molar-refractivity contribution < 1.29 is 29.3 Å². The van der Waals surface area contributed by atoms with Gasteiger partial charge in [-0.1, -0.05) is 181 Å². The lowest BCUT2D eigenvalue weighted by molar-refractivity contribution is -0.159. The molecule has 44 heavy (non-hydrogen) atoms. The second-order valence-electron chi connectivity index (χ2n) is 12.6. The van der Waals surface area contributed by atoms with Crippen LogP contribution in [0.2, 0.25) is 0 Å². The van der Waals surface area contributed by atoms with Gasteiger partial charge >= 0.3 is 11.9 Å². The van der Waals surface area contributed by atoms with Crippen molar-refractivity contribution in [1.82, 2.24) is 0 Å². The van der Waals surface area contributed by atoms with E-state index in [9.17, 15) is 9.59 Å². The van der Waals surface area contributed by atoms with Crippen LogP contribution >= 0.6 is 0 Å². The van der Waals surface area contributed by atoms with Gasteiger partial charge < -0.3 is 19.7 Å². The van der Waals surface area contributed by atoms with Crippen LogP contribution in [-0.2, 0) is 19.1 Å². The van der Waals surface area contributed by atoms with E-state index in [0.29, 0.717) is 26.1 Å². The Morgan fingerprint density at radius 2 is 0.614 bits per heavy atom. The van der Waals surface area contributed by atoms with Crippen LogP contribution in [0.15, 0.2) is 0 Å². The van der Waals surface area contributed by atoms with Crippen LogP contribution in [0, 0.1) is 0 Å². The van der Waals surface area contributed by atoms with Crippen molar-refractivity contribution in [2.75, 3.05) is 26.4 Å². The van der Waals surface area contributed by atoms with E-state index in [1.54, 1.807) is 0 Å². The third kappa shape index (κ3) is 43.1. The van der Waals surface area contributed by atoms with Gasteiger partial charge in [-0.05, 0) is 12.8 Å². The van der Waals surface area contributed by atoms with E-state index in [2.05, 4.69) is 18.6 Å². The SMILES string of the molecule is CCCCCCCCCCCCCCCCCC(=O)OC(=O)CCCCCCCCCCCCCCC.OCCOCCO. The standard InChI is InChI=1S/C34H66O3.C4H10O3/c1-3-5-7-9-11-13-15-17-18-20-22-24-26-28-30-32-34(36)37-33(35)31-29-27-25-23-21-19-16-14-12-10-8-6-4-2;5-1-3-7-4-2-6/h3-32H2,1-2H3;5-6H,1-4H2. The maximum atomic E-state index is 11.9. The summed E-state index contributed by atoms with van der Waals surface area (Å²) in [6.45, 7) is 5.24. The van der Waals surface area contributed by atoms with Crippen LogP contribution in [0.25, 0.3) is 0 Å². The fourth-order valence-electron chi connectivity index (χ4n) is 5.39. The van der Waals surface area contributed by atoms with Crippen molar-refractivity contribution in [3.8, 4) is 0 Å². The molecular formula is C38H76O6. The van der Waals surface area contributed by atoms with E-state index in [4.69, 9.17) is 14.9 Å². The molecule has 0 fully saturated rings. The first-order chi connectivity index (χ1) is 21.6. The van der Waals surface area contributed by atoms with Crippen molar-refractivity contribution >= 4 is 11.9 Å². The number of ether oxygens (including phenoxy) is 2. The first kappa shape index (κ1) is 45.1. The third-order valence-corrected chi connectivity index (χ3v) is 8.17. The molecule has 0 atom stereocenters. The van der Waals surface area contributed by atoms with Gasteiger partial charge in [0.2, 0.25) is 0 Å². The van der Waals surface area contributed by atoms with Crippen molar-refractivity contribution in [2.24, 2.45) is 0 Å². The van der Waals surface area contributed by atoms with Gasteiger partial charge in [-0.15, -0.1) is 0 Å². The number of carbonyl (C=O) groups excluding carboxylic acids is 2. The highest BCUT2D eigenvalue weighted by atomic mass is 16.6. The predicted molar refractivity (Wildman–Crippen MR) is 186 cm³/mol. The summed E-state index contributed by atoms with van der Waals surface area (Å²) in [6, 6.07) is 0. The predicted octanol–water partition coefficient (Wildman–Crippen LogP) is 10.8. The average Bonchev–Trinajstić information content (AvgIpc) is 3.02. The van der Waals surface area contributed by atoms with Crippen molar-refractivity contribution in [2.45, 2.75) is 206 Å². The molecule has 0 amide bonds. The van der Waals surface area contributed by atoms with Crippen molar-refractivity contribution in [1.29, 1.82) is 0 Å². The highest BCUT2D eigenvalue weighted by molar-refractivity contribution is 5.85. The molecule has 0 radical (unpaired) electrons. The molecule has 6 heteroatoms. The van der Waals surface area contributed by atoms with Gasteiger partial charge in [-0.3, -0.25) is 9.59 Å². The second-order valence-corrected chi connectivity index (χ2v) is 12.6. The van der Waals surface area contributed by atoms with Gasteiger partial charge in [0.05, 0.1) is 26.4 Å². The molecule has 0 aromatic carbocycles. The highest BCUT2D eigenvalue weighted by Gasteiger charge is 2.10. The zero-order valence-corrected chi connectivity index (χ0v) is 29.6. The lowest BCUT2D eigenvalue weighted by Gasteiger charge is -2.05. The van der Waals surface area contributed by atoms with E-state index in [0.717, 1.165) is 25.7 Å². The lowest BCUT2D eigenvalue weighted by Crippen LogP contribution is -2.11. The second kappa shape index (κ2) is 42.0. The maximum Gasteiger partial charge on any atom is 0.313 e. The highest BCUT2D eigenvalue weighted by Crippen LogP contribution is 2.15. The summed E-state index contributed by atoms with van der Waals surface area (Å²) in [7, 11) is 0. The molecule has 0 heterocycles. The molecule has 0 aliphatic rings. The molecule has 0 bridgehead atoms. The molecule has 0 aliphatic carbocycles. The van der Waals surface area contributed by atoms with E-state index < -0.39 is 0 Å². The van der Waals surface area contributed by atoms with Gasteiger partial charge in [0.1, 0.15) is 0 Å². The monoisotopic (exact) mass is 629 g/mol. The number of hydrogen-bond donors (Lipinski definition) is 2. The Kier molecular flexibility index (Phi) is 43.1.